The molecule has 0 spiro atoms. The molecule has 9 heteroatoms. The number of nitrogen functional groups attached to an aromatic ring is 1. The summed E-state index contributed by atoms with van der Waals surface area (Å²) in [4.78, 5) is 26.3. The van der Waals surface area contributed by atoms with Gasteiger partial charge in [0.15, 0.2) is 9.84 Å². The Morgan fingerprint density at radius 1 is 1.31 bits per heavy atom. The summed E-state index contributed by atoms with van der Waals surface area (Å²) in [5, 5.41) is 9.22. The fourth-order valence-electron chi connectivity index (χ4n) is 3.51. The Morgan fingerprint density at radius 3 is 2.38 bits per heavy atom. The maximum Gasteiger partial charge on any atom is 0.410 e. The number of carboxylic acid groups (broad SMARTS) is 1. The van der Waals surface area contributed by atoms with Crippen molar-refractivity contribution in [2.45, 2.75) is 69.8 Å². The van der Waals surface area contributed by atoms with E-state index in [1.807, 2.05) is 0 Å². The Balaban J connectivity index is 2.73. The van der Waals surface area contributed by atoms with Crippen molar-refractivity contribution >= 4 is 27.6 Å². The first kappa shape index (κ1) is 23.0. The maximum atomic E-state index is 13.0. The van der Waals surface area contributed by atoms with Gasteiger partial charge in [0.2, 0.25) is 0 Å². The van der Waals surface area contributed by atoms with Crippen LogP contribution in [0.15, 0.2) is 23.1 Å². The standard InChI is InChI=1S/C20H30N2O6S/c1-12(2)29(26,27)15-8-7-13(21)11-14(15)16-20(6,17(23)24)9-10-22(16)18(25)28-19(3,4)5/h7-8,11-12,16H,9-10,21H2,1-6H3,(H,23,24). The van der Waals surface area contributed by atoms with Crippen LogP contribution >= 0.6 is 0 Å². The highest BCUT2D eigenvalue weighted by atomic mass is 32.2. The molecule has 1 aliphatic heterocycles. The number of nitrogens with two attached hydrogens (primary N) is 1. The molecule has 0 aromatic heterocycles. The van der Waals surface area contributed by atoms with Crippen molar-refractivity contribution < 1.29 is 27.9 Å². The number of benzene rings is 1. The van der Waals surface area contributed by atoms with Gasteiger partial charge in [0, 0.05) is 12.2 Å². The van der Waals surface area contributed by atoms with Crippen molar-refractivity contribution in [2.75, 3.05) is 12.3 Å². The van der Waals surface area contributed by atoms with E-state index < -0.39 is 44.2 Å². The molecule has 0 aliphatic carbocycles. The van der Waals surface area contributed by atoms with E-state index >= 15 is 0 Å². The number of rotatable bonds is 4. The number of carboxylic acids is 1. The van der Waals surface area contributed by atoms with Gasteiger partial charge in [-0.25, -0.2) is 13.2 Å². The summed E-state index contributed by atoms with van der Waals surface area (Å²) in [6.07, 6.45) is -0.537. The SMILES string of the molecule is CC(C)S(=O)(=O)c1ccc(N)cc1C1N(C(=O)OC(C)(C)C)CCC1(C)C(=O)O. The molecule has 2 rings (SSSR count). The highest BCUT2D eigenvalue weighted by molar-refractivity contribution is 7.92. The average Bonchev–Trinajstić information content (AvgIpc) is 2.91. The highest BCUT2D eigenvalue weighted by Crippen LogP contribution is 2.50. The third kappa shape index (κ3) is 4.34. The summed E-state index contributed by atoms with van der Waals surface area (Å²) in [6, 6.07) is 3.25. The van der Waals surface area contributed by atoms with Crippen molar-refractivity contribution in [2.24, 2.45) is 5.41 Å². The second kappa shape index (κ2) is 7.51. The zero-order valence-corrected chi connectivity index (χ0v) is 18.5. The molecule has 2 unspecified atom stereocenters. The second-order valence-corrected chi connectivity index (χ2v) is 11.4. The van der Waals surface area contributed by atoms with Crippen LogP contribution in [0.2, 0.25) is 0 Å². The van der Waals surface area contributed by atoms with Crippen molar-refractivity contribution in [1.82, 2.24) is 4.90 Å². The monoisotopic (exact) mass is 426 g/mol. The maximum absolute atomic E-state index is 13.0. The van der Waals surface area contributed by atoms with E-state index in [0.717, 1.165) is 0 Å². The van der Waals surface area contributed by atoms with Gasteiger partial charge in [-0.3, -0.25) is 9.69 Å². The third-order valence-electron chi connectivity index (χ3n) is 5.16. The van der Waals surface area contributed by atoms with E-state index in [4.69, 9.17) is 10.5 Å². The third-order valence-corrected chi connectivity index (χ3v) is 7.39. The van der Waals surface area contributed by atoms with E-state index in [0.29, 0.717) is 0 Å². The fraction of sp³-hybridized carbons (Fsp3) is 0.600. The van der Waals surface area contributed by atoms with Gasteiger partial charge >= 0.3 is 12.1 Å². The summed E-state index contributed by atoms with van der Waals surface area (Å²) in [5.41, 5.74) is 4.23. The molecule has 1 aliphatic rings. The number of ether oxygens (including phenoxy) is 1. The molecule has 1 aromatic carbocycles. The number of likely N-dealkylation sites (tertiary alicyclic amines) is 1. The van der Waals surface area contributed by atoms with Gasteiger partial charge in [0.1, 0.15) is 5.60 Å². The number of hydrogen-bond acceptors (Lipinski definition) is 6. The van der Waals surface area contributed by atoms with Crippen LogP contribution in [0.25, 0.3) is 0 Å². The fourth-order valence-corrected chi connectivity index (χ4v) is 4.77. The van der Waals surface area contributed by atoms with Crippen molar-refractivity contribution in [1.29, 1.82) is 0 Å². The molecule has 1 heterocycles. The second-order valence-electron chi connectivity index (χ2n) is 8.94. The van der Waals surface area contributed by atoms with Gasteiger partial charge in [0.25, 0.3) is 0 Å². The van der Waals surface area contributed by atoms with Gasteiger partial charge in [0.05, 0.1) is 21.6 Å². The number of amides is 1. The number of carbonyl (C=O) groups excluding carboxylic acids is 1. The van der Waals surface area contributed by atoms with Crippen molar-refractivity contribution in [3.8, 4) is 0 Å². The molecule has 29 heavy (non-hydrogen) atoms. The smallest absolute Gasteiger partial charge is 0.410 e. The molecular formula is C20H30N2O6S. The lowest BCUT2D eigenvalue weighted by molar-refractivity contribution is -0.149. The molecule has 1 saturated heterocycles. The molecule has 1 amide bonds. The van der Waals surface area contributed by atoms with Gasteiger partial charge in [-0.1, -0.05) is 0 Å². The average molecular weight is 427 g/mol. The Kier molecular flexibility index (Phi) is 5.96. The minimum Gasteiger partial charge on any atom is -0.481 e. The van der Waals surface area contributed by atoms with E-state index in [2.05, 4.69) is 0 Å². The number of carbonyl (C=O) groups is 2. The van der Waals surface area contributed by atoms with E-state index in [-0.39, 0.29) is 29.1 Å². The van der Waals surface area contributed by atoms with Gasteiger partial charge in [-0.05, 0) is 71.7 Å². The molecule has 0 radical (unpaired) electrons. The van der Waals surface area contributed by atoms with Gasteiger partial charge in [-0.2, -0.15) is 0 Å². The molecule has 2 atom stereocenters. The van der Waals surface area contributed by atoms with Gasteiger partial charge < -0.3 is 15.6 Å². The zero-order valence-electron chi connectivity index (χ0n) is 17.7. The number of aliphatic carboxylic acids is 1. The molecule has 0 bridgehead atoms. The lowest BCUT2D eigenvalue weighted by Crippen LogP contribution is -2.41. The Labute approximate surface area is 171 Å². The predicted molar refractivity (Wildman–Crippen MR) is 109 cm³/mol. The summed E-state index contributed by atoms with van der Waals surface area (Å²) >= 11 is 0. The number of anilines is 1. The highest BCUT2D eigenvalue weighted by Gasteiger charge is 2.54. The minimum atomic E-state index is -3.75. The Bertz CT molecular complexity index is 919. The molecule has 8 nitrogen and oxygen atoms in total. The lowest BCUT2D eigenvalue weighted by Gasteiger charge is -2.35. The number of nitrogens with zero attached hydrogens (tertiary/aromatic N) is 1. The van der Waals surface area contributed by atoms with Crippen LogP contribution in [0.4, 0.5) is 10.5 Å². The first-order chi connectivity index (χ1) is 13.1. The van der Waals surface area contributed by atoms with Crippen molar-refractivity contribution in [3.63, 3.8) is 0 Å². The summed E-state index contributed by atoms with van der Waals surface area (Å²) in [7, 11) is -3.75. The van der Waals surface area contributed by atoms with Crippen LogP contribution in [0.3, 0.4) is 0 Å². The molecule has 0 saturated carbocycles. The Morgan fingerprint density at radius 2 is 1.90 bits per heavy atom. The predicted octanol–water partition coefficient (Wildman–Crippen LogP) is 3.22. The largest absolute Gasteiger partial charge is 0.481 e. The van der Waals surface area contributed by atoms with Gasteiger partial charge in [-0.15, -0.1) is 0 Å². The number of hydrogen-bond donors (Lipinski definition) is 2. The van der Waals surface area contributed by atoms with E-state index in [1.165, 1.54) is 30.0 Å². The van der Waals surface area contributed by atoms with Crippen LogP contribution in [-0.4, -0.2) is 47.9 Å². The topological polar surface area (TPSA) is 127 Å². The quantitative estimate of drug-likeness (QED) is 0.708. The first-order valence-corrected chi connectivity index (χ1v) is 11.0. The summed E-state index contributed by atoms with van der Waals surface area (Å²) in [6.45, 7) is 9.86. The van der Waals surface area contributed by atoms with Crippen LogP contribution in [-0.2, 0) is 19.4 Å². The molecule has 162 valence electrons. The molecular weight excluding hydrogens is 396 g/mol. The normalized spacial score (nSPS) is 22.7. The van der Waals surface area contributed by atoms with Crippen LogP contribution in [0.1, 0.15) is 59.6 Å². The minimum absolute atomic E-state index is 0.0189. The van der Waals surface area contributed by atoms with Crippen LogP contribution < -0.4 is 5.73 Å². The summed E-state index contributed by atoms with van der Waals surface area (Å²) < 4.78 is 31.4. The first-order valence-electron chi connectivity index (χ1n) is 9.47. The lowest BCUT2D eigenvalue weighted by atomic mass is 9.79. The summed E-state index contributed by atoms with van der Waals surface area (Å²) in [5.74, 6) is -1.12. The van der Waals surface area contributed by atoms with Crippen LogP contribution in [0.5, 0.6) is 0 Å². The number of sulfone groups is 1. The van der Waals surface area contributed by atoms with Crippen molar-refractivity contribution in [3.05, 3.63) is 23.8 Å². The molecule has 3 N–H and O–H groups in total. The van der Waals surface area contributed by atoms with E-state index in [9.17, 15) is 23.1 Å². The van der Waals surface area contributed by atoms with E-state index in [1.54, 1.807) is 34.6 Å². The Hall–Kier alpha value is -2.29. The molecule has 1 aromatic rings. The molecule has 1 fully saturated rings. The van der Waals surface area contributed by atoms with Crippen LogP contribution in [0, 0.1) is 5.41 Å². The zero-order chi connectivity index (χ0) is 22.4.